The Hall–Kier alpha value is -1.76. The SMILES string of the molecule is CCc1cc(C)c2c(c1)OC(C)(C)c1ccc(C)cc1-2. The number of aryl methyl sites for hydroxylation is 3. The fourth-order valence-electron chi connectivity index (χ4n) is 3.18. The largest absolute Gasteiger partial charge is 0.482 e. The second-order valence-corrected chi connectivity index (χ2v) is 6.30. The van der Waals surface area contributed by atoms with Crippen LogP contribution < -0.4 is 4.74 Å². The molecular weight excluding hydrogens is 244 g/mol. The Morgan fingerprint density at radius 1 is 1.05 bits per heavy atom. The van der Waals surface area contributed by atoms with E-state index in [9.17, 15) is 0 Å². The van der Waals surface area contributed by atoms with E-state index in [0.29, 0.717) is 0 Å². The molecule has 1 aliphatic heterocycles. The predicted octanol–water partition coefficient (Wildman–Crippen LogP) is 5.16. The minimum absolute atomic E-state index is 0.269. The van der Waals surface area contributed by atoms with Crippen molar-refractivity contribution in [1.29, 1.82) is 0 Å². The van der Waals surface area contributed by atoms with Crippen LogP contribution in [-0.4, -0.2) is 0 Å². The molecule has 0 spiro atoms. The van der Waals surface area contributed by atoms with Gasteiger partial charge in [0.15, 0.2) is 0 Å². The van der Waals surface area contributed by atoms with Crippen LogP contribution in [0, 0.1) is 13.8 Å². The molecule has 0 saturated carbocycles. The molecule has 104 valence electrons. The Kier molecular flexibility index (Phi) is 2.89. The van der Waals surface area contributed by atoms with E-state index in [2.05, 4.69) is 65.0 Å². The van der Waals surface area contributed by atoms with Crippen LogP contribution >= 0.6 is 0 Å². The van der Waals surface area contributed by atoms with E-state index < -0.39 is 0 Å². The highest BCUT2D eigenvalue weighted by molar-refractivity contribution is 5.80. The fraction of sp³-hybridized carbons (Fsp3) is 0.368. The third-order valence-corrected chi connectivity index (χ3v) is 4.23. The molecule has 0 aliphatic carbocycles. The minimum atomic E-state index is -0.269. The molecule has 0 amide bonds. The molecule has 0 unspecified atom stereocenters. The van der Waals surface area contributed by atoms with Gasteiger partial charge in [-0.15, -0.1) is 0 Å². The third-order valence-electron chi connectivity index (χ3n) is 4.23. The lowest BCUT2D eigenvalue weighted by molar-refractivity contribution is 0.105. The van der Waals surface area contributed by atoms with Gasteiger partial charge in [0.25, 0.3) is 0 Å². The maximum absolute atomic E-state index is 6.31. The summed E-state index contributed by atoms with van der Waals surface area (Å²) in [4.78, 5) is 0. The Bertz CT molecular complexity index is 680. The highest BCUT2D eigenvalue weighted by atomic mass is 16.5. The number of fused-ring (bicyclic) bond motifs is 3. The monoisotopic (exact) mass is 266 g/mol. The van der Waals surface area contributed by atoms with Crippen molar-refractivity contribution in [2.24, 2.45) is 0 Å². The normalized spacial score (nSPS) is 15.2. The number of benzene rings is 2. The molecule has 0 saturated heterocycles. The van der Waals surface area contributed by atoms with E-state index >= 15 is 0 Å². The van der Waals surface area contributed by atoms with Crippen molar-refractivity contribution >= 4 is 0 Å². The van der Waals surface area contributed by atoms with Gasteiger partial charge in [-0.3, -0.25) is 0 Å². The lowest BCUT2D eigenvalue weighted by Crippen LogP contribution is -2.29. The smallest absolute Gasteiger partial charge is 0.129 e. The maximum Gasteiger partial charge on any atom is 0.129 e. The molecule has 1 heterocycles. The minimum Gasteiger partial charge on any atom is -0.482 e. The van der Waals surface area contributed by atoms with Gasteiger partial charge in [0.2, 0.25) is 0 Å². The van der Waals surface area contributed by atoms with Crippen molar-refractivity contribution in [3.05, 3.63) is 52.6 Å². The first kappa shape index (κ1) is 13.2. The number of hydrogen-bond acceptors (Lipinski definition) is 1. The summed E-state index contributed by atoms with van der Waals surface area (Å²) >= 11 is 0. The van der Waals surface area contributed by atoms with Gasteiger partial charge in [-0.05, 0) is 56.9 Å². The van der Waals surface area contributed by atoms with Crippen LogP contribution in [0.1, 0.15) is 43.0 Å². The molecule has 2 aromatic rings. The van der Waals surface area contributed by atoms with E-state index in [1.165, 1.54) is 33.4 Å². The maximum atomic E-state index is 6.31. The molecule has 0 atom stereocenters. The number of ether oxygens (including phenoxy) is 1. The Morgan fingerprint density at radius 2 is 1.80 bits per heavy atom. The van der Waals surface area contributed by atoms with Crippen molar-refractivity contribution in [1.82, 2.24) is 0 Å². The summed E-state index contributed by atoms with van der Waals surface area (Å²) in [6.45, 7) is 10.8. The molecule has 0 fully saturated rings. The zero-order valence-electron chi connectivity index (χ0n) is 13.0. The molecule has 1 nitrogen and oxygen atoms in total. The summed E-state index contributed by atoms with van der Waals surface area (Å²) in [6.07, 6.45) is 1.04. The molecule has 3 rings (SSSR count). The topological polar surface area (TPSA) is 9.23 Å². The Morgan fingerprint density at radius 3 is 2.50 bits per heavy atom. The summed E-state index contributed by atoms with van der Waals surface area (Å²) < 4.78 is 6.31. The van der Waals surface area contributed by atoms with Crippen LogP contribution in [0.25, 0.3) is 11.1 Å². The van der Waals surface area contributed by atoms with E-state index in [4.69, 9.17) is 4.74 Å². The zero-order valence-corrected chi connectivity index (χ0v) is 13.0. The van der Waals surface area contributed by atoms with Gasteiger partial charge in [-0.1, -0.05) is 36.8 Å². The number of hydrogen-bond donors (Lipinski definition) is 0. The lowest BCUT2D eigenvalue weighted by atomic mass is 9.83. The van der Waals surface area contributed by atoms with Crippen molar-refractivity contribution in [2.75, 3.05) is 0 Å². The first-order valence-electron chi connectivity index (χ1n) is 7.36. The molecule has 0 N–H and O–H groups in total. The van der Waals surface area contributed by atoms with Gasteiger partial charge in [-0.2, -0.15) is 0 Å². The van der Waals surface area contributed by atoms with Crippen molar-refractivity contribution in [2.45, 2.75) is 46.6 Å². The summed E-state index contributed by atoms with van der Waals surface area (Å²) in [5.41, 5.74) is 7.55. The zero-order chi connectivity index (χ0) is 14.5. The van der Waals surface area contributed by atoms with Crippen LogP contribution in [0.15, 0.2) is 30.3 Å². The second-order valence-electron chi connectivity index (χ2n) is 6.30. The van der Waals surface area contributed by atoms with Gasteiger partial charge in [0.05, 0.1) is 0 Å². The van der Waals surface area contributed by atoms with E-state index in [0.717, 1.165) is 12.2 Å². The Balaban J connectivity index is 2.33. The lowest BCUT2D eigenvalue weighted by Gasteiger charge is -2.36. The Labute approximate surface area is 121 Å². The average Bonchev–Trinajstić information content (AvgIpc) is 2.36. The predicted molar refractivity (Wildman–Crippen MR) is 84.4 cm³/mol. The van der Waals surface area contributed by atoms with E-state index in [-0.39, 0.29) is 5.60 Å². The molecule has 0 radical (unpaired) electrons. The second kappa shape index (κ2) is 4.37. The molecular formula is C19H22O. The summed E-state index contributed by atoms with van der Waals surface area (Å²) in [5, 5.41) is 0. The molecule has 20 heavy (non-hydrogen) atoms. The van der Waals surface area contributed by atoms with Crippen LogP contribution in [0.5, 0.6) is 5.75 Å². The number of rotatable bonds is 1. The quantitative estimate of drug-likeness (QED) is 0.692. The fourth-order valence-corrected chi connectivity index (χ4v) is 3.18. The highest BCUT2D eigenvalue weighted by Gasteiger charge is 2.33. The molecule has 1 heteroatoms. The first-order chi connectivity index (χ1) is 9.42. The van der Waals surface area contributed by atoms with Gasteiger partial charge in [-0.25, -0.2) is 0 Å². The molecule has 0 bridgehead atoms. The molecule has 1 aliphatic rings. The molecule has 0 aromatic heterocycles. The van der Waals surface area contributed by atoms with Gasteiger partial charge in [0, 0.05) is 11.1 Å². The van der Waals surface area contributed by atoms with E-state index in [1.54, 1.807) is 0 Å². The standard InChI is InChI=1S/C19H22O/c1-6-14-10-13(3)18-15-9-12(2)7-8-16(15)19(4,5)20-17(18)11-14/h7-11H,6H2,1-5H3. The van der Waals surface area contributed by atoms with Crippen molar-refractivity contribution in [3.8, 4) is 16.9 Å². The average molecular weight is 266 g/mol. The van der Waals surface area contributed by atoms with Gasteiger partial charge >= 0.3 is 0 Å². The highest BCUT2D eigenvalue weighted by Crippen LogP contribution is 2.47. The van der Waals surface area contributed by atoms with Gasteiger partial charge < -0.3 is 4.74 Å². The van der Waals surface area contributed by atoms with Crippen molar-refractivity contribution in [3.63, 3.8) is 0 Å². The molecule has 2 aromatic carbocycles. The third kappa shape index (κ3) is 1.93. The van der Waals surface area contributed by atoms with Crippen LogP contribution in [-0.2, 0) is 12.0 Å². The van der Waals surface area contributed by atoms with Crippen LogP contribution in [0.3, 0.4) is 0 Å². The van der Waals surface area contributed by atoms with Crippen LogP contribution in [0.2, 0.25) is 0 Å². The van der Waals surface area contributed by atoms with Crippen LogP contribution in [0.4, 0.5) is 0 Å². The summed E-state index contributed by atoms with van der Waals surface area (Å²) in [6, 6.07) is 11.2. The first-order valence-corrected chi connectivity index (χ1v) is 7.36. The van der Waals surface area contributed by atoms with E-state index in [1.807, 2.05) is 0 Å². The summed E-state index contributed by atoms with van der Waals surface area (Å²) in [5.74, 6) is 1.03. The summed E-state index contributed by atoms with van der Waals surface area (Å²) in [7, 11) is 0. The van der Waals surface area contributed by atoms with Gasteiger partial charge in [0.1, 0.15) is 11.4 Å². The van der Waals surface area contributed by atoms with Crippen molar-refractivity contribution < 1.29 is 4.74 Å².